The van der Waals surface area contributed by atoms with Crippen molar-refractivity contribution in [1.82, 2.24) is 10.6 Å². The number of hydrogen-bond donors (Lipinski definition) is 2. The highest BCUT2D eigenvalue weighted by Crippen LogP contribution is 2.32. The second-order valence-electron chi connectivity index (χ2n) is 4.64. The Balaban J connectivity index is 2.11. The Morgan fingerprint density at radius 3 is 2.90 bits per heavy atom. The molecule has 1 atom stereocenters. The van der Waals surface area contributed by atoms with Gasteiger partial charge in [-0.1, -0.05) is 12.1 Å². The van der Waals surface area contributed by atoms with E-state index >= 15 is 0 Å². The summed E-state index contributed by atoms with van der Waals surface area (Å²) < 4.78 is 35.1. The van der Waals surface area contributed by atoms with Crippen molar-refractivity contribution in [3.05, 3.63) is 23.8 Å². The number of aliphatic imine (C=N–C) groups is 1. The van der Waals surface area contributed by atoms with Gasteiger partial charge in [0.2, 0.25) is 0 Å². The summed E-state index contributed by atoms with van der Waals surface area (Å²) in [6.07, 6.45) is 0. The summed E-state index contributed by atoms with van der Waals surface area (Å²) in [7, 11) is 0. The van der Waals surface area contributed by atoms with Crippen LogP contribution < -0.4 is 20.1 Å². The van der Waals surface area contributed by atoms with Gasteiger partial charge < -0.3 is 20.1 Å². The number of para-hydroxylation sites is 1. The molecule has 1 aromatic rings. The summed E-state index contributed by atoms with van der Waals surface area (Å²) in [5.41, 5.74) is 0.588. The standard InChI is InChI=1S/C14H19F2N3O2/c1-3-20-11-6-4-5-10(12(11)21-13(15)16)8-18-14-17-7-9(2)19-14/h4-6,9,13H,3,7-8H2,1-2H3,(H2,17,18,19). The van der Waals surface area contributed by atoms with Gasteiger partial charge in [-0.3, -0.25) is 4.99 Å². The molecule has 0 aliphatic carbocycles. The average molecular weight is 299 g/mol. The molecule has 0 saturated carbocycles. The second kappa shape index (κ2) is 7.10. The summed E-state index contributed by atoms with van der Waals surface area (Å²) in [5, 5.41) is 6.21. The van der Waals surface area contributed by atoms with Gasteiger partial charge in [-0.15, -0.1) is 0 Å². The van der Waals surface area contributed by atoms with Crippen LogP contribution in [0.3, 0.4) is 0 Å². The van der Waals surface area contributed by atoms with Crippen LogP contribution in [0.5, 0.6) is 11.5 Å². The van der Waals surface area contributed by atoms with Crippen LogP contribution in [0.2, 0.25) is 0 Å². The van der Waals surface area contributed by atoms with Gasteiger partial charge in [0.05, 0.1) is 13.2 Å². The van der Waals surface area contributed by atoms with Crippen molar-refractivity contribution in [2.45, 2.75) is 33.0 Å². The fourth-order valence-corrected chi connectivity index (χ4v) is 2.03. The van der Waals surface area contributed by atoms with Crippen molar-refractivity contribution in [2.75, 3.05) is 13.2 Å². The lowest BCUT2D eigenvalue weighted by Gasteiger charge is -2.16. The second-order valence-corrected chi connectivity index (χ2v) is 4.64. The molecule has 2 rings (SSSR count). The molecule has 7 heteroatoms. The number of ether oxygens (including phenoxy) is 2. The first-order valence-corrected chi connectivity index (χ1v) is 6.84. The van der Waals surface area contributed by atoms with Crippen LogP contribution in [0.25, 0.3) is 0 Å². The number of guanidine groups is 1. The van der Waals surface area contributed by atoms with Crippen LogP contribution in [0.4, 0.5) is 8.78 Å². The quantitative estimate of drug-likeness (QED) is 0.845. The molecule has 1 aliphatic rings. The summed E-state index contributed by atoms with van der Waals surface area (Å²) in [5.74, 6) is 1.03. The number of nitrogens with zero attached hydrogens (tertiary/aromatic N) is 1. The number of nitrogens with one attached hydrogen (secondary N) is 2. The molecule has 0 radical (unpaired) electrons. The number of hydrogen-bond acceptors (Lipinski definition) is 5. The van der Waals surface area contributed by atoms with Crippen molar-refractivity contribution >= 4 is 5.96 Å². The smallest absolute Gasteiger partial charge is 0.387 e. The van der Waals surface area contributed by atoms with Gasteiger partial charge in [0.15, 0.2) is 17.5 Å². The minimum Gasteiger partial charge on any atom is -0.490 e. The van der Waals surface area contributed by atoms with E-state index in [1.807, 2.05) is 6.92 Å². The highest BCUT2D eigenvalue weighted by atomic mass is 19.3. The van der Waals surface area contributed by atoms with E-state index in [-0.39, 0.29) is 11.8 Å². The molecule has 1 aromatic carbocycles. The summed E-state index contributed by atoms with van der Waals surface area (Å²) >= 11 is 0. The zero-order chi connectivity index (χ0) is 15.2. The average Bonchev–Trinajstić information content (AvgIpc) is 2.85. The van der Waals surface area contributed by atoms with E-state index in [4.69, 9.17) is 4.74 Å². The Bertz CT molecular complexity index is 509. The minimum absolute atomic E-state index is 0.0634. The monoisotopic (exact) mass is 299 g/mol. The Morgan fingerprint density at radius 1 is 1.48 bits per heavy atom. The van der Waals surface area contributed by atoms with Crippen molar-refractivity contribution in [3.8, 4) is 11.5 Å². The Hall–Kier alpha value is -2.05. The highest BCUT2D eigenvalue weighted by Gasteiger charge is 2.17. The molecule has 1 unspecified atom stereocenters. The molecule has 1 heterocycles. The zero-order valence-corrected chi connectivity index (χ0v) is 12.0. The maximum Gasteiger partial charge on any atom is 0.387 e. The van der Waals surface area contributed by atoms with E-state index < -0.39 is 6.61 Å². The highest BCUT2D eigenvalue weighted by molar-refractivity contribution is 5.81. The maximum atomic E-state index is 12.6. The molecule has 5 nitrogen and oxygen atoms in total. The van der Waals surface area contributed by atoms with Gasteiger partial charge >= 0.3 is 6.61 Å². The maximum absolute atomic E-state index is 12.6. The molecule has 116 valence electrons. The van der Waals surface area contributed by atoms with E-state index in [1.54, 1.807) is 25.1 Å². The number of alkyl halides is 2. The largest absolute Gasteiger partial charge is 0.490 e. The number of rotatable bonds is 6. The fraction of sp³-hybridized carbons (Fsp3) is 0.500. The molecule has 0 fully saturated rings. The molecule has 0 amide bonds. The fourth-order valence-electron chi connectivity index (χ4n) is 2.03. The van der Waals surface area contributed by atoms with Gasteiger partial charge in [0.1, 0.15) is 0 Å². The first kappa shape index (κ1) is 15.3. The van der Waals surface area contributed by atoms with Gasteiger partial charge in [0.25, 0.3) is 0 Å². The lowest BCUT2D eigenvalue weighted by atomic mass is 10.2. The van der Waals surface area contributed by atoms with Gasteiger partial charge in [-0.05, 0) is 19.9 Å². The Labute approximate surface area is 122 Å². The molecule has 21 heavy (non-hydrogen) atoms. The Kier molecular flexibility index (Phi) is 5.19. The van der Waals surface area contributed by atoms with Crippen LogP contribution >= 0.6 is 0 Å². The molecule has 0 bridgehead atoms. The molecule has 1 aliphatic heterocycles. The van der Waals surface area contributed by atoms with Crippen LogP contribution in [0.1, 0.15) is 19.4 Å². The van der Waals surface area contributed by atoms with Gasteiger partial charge in [-0.2, -0.15) is 8.78 Å². The predicted octanol–water partition coefficient (Wildman–Crippen LogP) is 2.12. The van der Waals surface area contributed by atoms with E-state index in [1.165, 1.54) is 0 Å². The number of benzene rings is 1. The van der Waals surface area contributed by atoms with Crippen LogP contribution in [-0.4, -0.2) is 31.8 Å². The van der Waals surface area contributed by atoms with Crippen LogP contribution in [0.15, 0.2) is 23.2 Å². The van der Waals surface area contributed by atoms with Gasteiger partial charge in [-0.25, -0.2) is 0 Å². The SMILES string of the molecule is CCOc1cccc(CNC2=NCC(C)N2)c1OC(F)F. The normalized spacial score (nSPS) is 17.4. The van der Waals surface area contributed by atoms with E-state index in [2.05, 4.69) is 20.4 Å². The molecular weight excluding hydrogens is 280 g/mol. The van der Waals surface area contributed by atoms with Crippen LogP contribution in [0, 0.1) is 0 Å². The lowest BCUT2D eigenvalue weighted by Crippen LogP contribution is -2.37. The first-order valence-electron chi connectivity index (χ1n) is 6.84. The Morgan fingerprint density at radius 2 is 2.29 bits per heavy atom. The number of halogens is 2. The third-order valence-electron chi connectivity index (χ3n) is 2.92. The van der Waals surface area contributed by atoms with E-state index in [9.17, 15) is 8.78 Å². The topological polar surface area (TPSA) is 54.9 Å². The molecular formula is C14H19F2N3O2. The third-order valence-corrected chi connectivity index (χ3v) is 2.92. The van der Waals surface area contributed by atoms with Crippen molar-refractivity contribution in [3.63, 3.8) is 0 Å². The van der Waals surface area contributed by atoms with E-state index in [0.717, 1.165) is 0 Å². The van der Waals surface area contributed by atoms with Gasteiger partial charge in [0, 0.05) is 18.2 Å². The van der Waals surface area contributed by atoms with Crippen molar-refractivity contribution in [1.29, 1.82) is 0 Å². The summed E-state index contributed by atoms with van der Waals surface area (Å²) in [4.78, 5) is 4.26. The molecule has 0 spiro atoms. The summed E-state index contributed by atoms with van der Waals surface area (Å²) in [6.45, 7) is 2.30. The molecule has 0 aromatic heterocycles. The lowest BCUT2D eigenvalue weighted by molar-refractivity contribution is -0.0520. The van der Waals surface area contributed by atoms with E-state index in [0.29, 0.717) is 37.0 Å². The zero-order valence-electron chi connectivity index (χ0n) is 12.0. The van der Waals surface area contributed by atoms with Crippen molar-refractivity contribution in [2.24, 2.45) is 4.99 Å². The van der Waals surface area contributed by atoms with Crippen molar-refractivity contribution < 1.29 is 18.3 Å². The molecule has 2 N–H and O–H groups in total. The first-order chi connectivity index (χ1) is 10.1. The third kappa shape index (κ3) is 4.21. The summed E-state index contributed by atoms with van der Waals surface area (Å²) in [6, 6.07) is 5.34. The molecule has 0 saturated heterocycles. The van der Waals surface area contributed by atoms with Crippen LogP contribution in [-0.2, 0) is 6.54 Å². The minimum atomic E-state index is -2.90. The predicted molar refractivity (Wildman–Crippen MR) is 76.0 cm³/mol.